The molecule has 0 fully saturated rings. The number of aromatic hydroxyl groups is 1. The van der Waals surface area contributed by atoms with Crippen molar-refractivity contribution in [1.29, 1.82) is 0 Å². The van der Waals surface area contributed by atoms with E-state index < -0.39 is 23.5 Å². The topological polar surface area (TPSA) is 117 Å². The lowest BCUT2D eigenvalue weighted by atomic mass is 9.95. The van der Waals surface area contributed by atoms with Gasteiger partial charge in [0.15, 0.2) is 11.5 Å². The molecular weight excluding hydrogens is 370 g/mol. The smallest absolute Gasteiger partial charge is 0.296 e. The van der Waals surface area contributed by atoms with E-state index in [-0.39, 0.29) is 22.2 Å². The second-order valence-corrected chi connectivity index (χ2v) is 6.70. The molecule has 0 saturated carbocycles. The average molecular weight is 383 g/mol. The van der Waals surface area contributed by atoms with Crippen LogP contribution in [0, 0.1) is 6.92 Å². The zero-order chi connectivity index (χ0) is 19.1. The molecule has 3 aromatic rings. The van der Waals surface area contributed by atoms with Gasteiger partial charge in [0.25, 0.3) is 5.91 Å². The van der Waals surface area contributed by atoms with Gasteiger partial charge in [0, 0.05) is 0 Å². The van der Waals surface area contributed by atoms with Crippen molar-refractivity contribution in [2.45, 2.75) is 13.0 Å². The lowest BCUT2D eigenvalue weighted by Gasteiger charge is -2.23. The molecular formula is C18H13N3O5S. The number of phenols is 1. The average Bonchev–Trinajstić information content (AvgIpc) is 3.37. The van der Waals surface area contributed by atoms with Gasteiger partial charge < -0.3 is 14.6 Å². The molecule has 136 valence electrons. The van der Waals surface area contributed by atoms with Gasteiger partial charge in [0.2, 0.25) is 10.9 Å². The van der Waals surface area contributed by atoms with Gasteiger partial charge in [-0.2, -0.15) is 0 Å². The van der Waals surface area contributed by atoms with Crippen molar-refractivity contribution in [2.75, 3.05) is 4.90 Å². The number of aryl methyl sites for hydroxylation is 1. The van der Waals surface area contributed by atoms with Gasteiger partial charge in [-0.1, -0.05) is 23.5 Å². The Labute approximate surface area is 157 Å². The number of carbonyl (C=O) groups excluding carboxylic acids is 2. The minimum atomic E-state index is -0.927. The Morgan fingerprint density at radius 1 is 1.19 bits per heavy atom. The van der Waals surface area contributed by atoms with Gasteiger partial charge in [0.1, 0.15) is 17.0 Å². The summed E-state index contributed by atoms with van der Waals surface area (Å²) in [5.74, 6) is -1.43. The van der Waals surface area contributed by atoms with Crippen LogP contribution >= 0.6 is 11.3 Å². The number of ketones is 1. The van der Waals surface area contributed by atoms with Crippen molar-refractivity contribution in [1.82, 2.24) is 10.2 Å². The van der Waals surface area contributed by atoms with Crippen LogP contribution in [0.15, 0.2) is 57.7 Å². The third-order valence-electron chi connectivity index (χ3n) is 4.18. The monoisotopic (exact) mass is 383 g/mol. The van der Waals surface area contributed by atoms with Crippen LogP contribution < -0.4 is 4.90 Å². The van der Waals surface area contributed by atoms with E-state index in [0.29, 0.717) is 11.3 Å². The van der Waals surface area contributed by atoms with E-state index in [0.717, 1.165) is 11.3 Å². The van der Waals surface area contributed by atoms with E-state index >= 15 is 0 Å². The standard InChI is InChI=1S/C18H13N3O5S/c1-9-2-7-12(26-9)15(23)13-14(10-3-5-11(22)6-4-10)21(17(25)16(13)24)18-20-19-8-27-18/h2-8,14,22,24H,1H3. The summed E-state index contributed by atoms with van der Waals surface area (Å²) in [6.07, 6.45) is 0. The van der Waals surface area contributed by atoms with Crippen LogP contribution in [0.5, 0.6) is 5.75 Å². The molecule has 1 aromatic carbocycles. The molecule has 0 bridgehead atoms. The Kier molecular flexibility index (Phi) is 4.00. The van der Waals surface area contributed by atoms with Gasteiger partial charge in [-0.15, -0.1) is 10.2 Å². The molecule has 9 heteroatoms. The minimum absolute atomic E-state index is 0.0183. The van der Waals surface area contributed by atoms with E-state index in [1.54, 1.807) is 25.1 Å². The van der Waals surface area contributed by atoms with Crippen LogP contribution in [0.25, 0.3) is 0 Å². The summed E-state index contributed by atoms with van der Waals surface area (Å²) in [4.78, 5) is 27.0. The van der Waals surface area contributed by atoms with Crippen molar-refractivity contribution in [3.8, 4) is 5.75 Å². The molecule has 1 atom stereocenters. The van der Waals surface area contributed by atoms with E-state index in [4.69, 9.17) is 4.42 Å². The number of aromatic nitrogens is 2. The fraction of sp³-hybridized carbons (Fsp3) is 0.111. The molecule has 2 N–H and O–H groups in total. The fourth-order valence-corrected chi connectivity index (χ4v) is 3.55. The molecule has 1 aliphatic rings. The molecule has 1 amide bonds. The predicted molar refractivity (Wildman–Crippen MR) is 95.7 cm³/mol. The molecule has 2 aromatic heterocycles. The van der Waals surface area contributed by atoms with E-state index in [2.05, 4.69) is 10.2 Å². The summed E-state index contributed by atoms with van der Waals surface area (Å²) in [5.41, 5.74) is 1.85. The van der Waals surface area contributed by atoms with Crippen molar-refractivity contribution in [3.05, 3.63) is 70.3 Å². The van der Waals surface area contributed by atoms with Crippen LogP contribution in [-0.2, 0) is 4.79 Å². The lowest BCUT2D eigenvalue weighted by Crippen LogP contribution is -2.31. The van der Waals surface area contributed by atoms with Crippen molar-refractivity contribution >= 4 is 28.2 Å². The molecule has 1 unspecified atom stereocenters. The number of aliphatic hydroxyl groups excluding tert-OH is 1. The second kappa shape index (κ2) is 6.36. The van der Waals surface area contributed by atoms with Crippen LogP contribution in [-0.4, -0.2) is 32.1 Å². The van der Waals surface area contributed by atoms with E-state index in [1.807, 2.05) is 0 Å². The van der Waals surface area contributed by atoms with Crippen molar-refractivity contribution in [2.24, 2.45) is 0 Å². The minimum Gasteiger partial charge on any atom is -0.508 e. The van der Waals surface area contributed by atoms with Crippen molar-refractivity contribution in [3.63, 3.8) is 0 Å². The number of phenolic OH excluding ortho intramolecular Hbond substituents is 1. The first-order chi connectivity index (χ1) is 13.0. The number of hydrogen-bond acceptors (Lipinski definition) is 8. The van der Waals surface area contributed by atoms with Crippen molar-refractivity contribution < 1.29 is 24.2 Å². The van der Waals surface area contributed by atoms with Crippen LogP contribution in [0.1, 0.15) is 27.9 Å². The summed E-state index contributed by atoms with van der Waals surface area (Å²) in [6, 6.07) is 8.20. The van der Waals surface area contributed by atoms with E-state index in [1.165, 1.54) is 28.6 Å². The zero-order valence-corrected chi connectivity index (χ0v) is 14.8. The number of furan rings is 1. The molecule has 27 heavy (non-hydrogen) atoms. The fourth-order valence-electron chi connectivity index (χ4n) is 2.97. The molecule has 0 radical (unpaired) electrons. The highest BCUT2D eigenvalue weighted by molar-refractivity contribution is 7.13. The first-order valence-electron chi connectivity index (χ1n) is 7.90. The van der Waals surface area contributed by atoms with Crippen LogP contribution in [0.2, 0.25) is 0 Å². The Balaban J connectivity index is 1.87. The Hall–Kier alpha value is -3.46. The molecule has 0 saturated heterocycles. The van der Waals surface area contributed by atoms with Gasteiger partial charge >= 0.3 is 0 Å². The number of benzene rings is 1. The Morgan fingerprint density at radius 2 is 1.93 bits per heavy atom. The third kappa shape index (κ3) is 2.77. The van der Waals surface area contributed by atoms with Gasteiger partial charge in [-0.05, 0) is 36.8 Å². The van der Waals surface area contributed by atoms with E-state index in [9.17, 15) is 19.8 Å². The quantitative estimate of drug-likeness (QED) is 0.665. The second-order valence-electron chi connectivity index (χ2n) is 5.89. The number of anilines is 1. The highest BCUT2D eigenvalue weighted by Crippen LogP contribution is 2.42. The number of rotatable bonds is 4. The first-order valence-corrected chi connectivity index (χ1v) is 8.78. The maximum absolute atomic E-state index is 13.0. The molecule has 3 heterocycles. The molecule has 8 nitrogen and oxygen atoms in total. The number of Topliss-reactive ketones (excluding diaryl/α,β-unsaturated/α-hetero) is 1. The number of aliphatic hydroxyl groups is 1. The first kappa shape index (κ1) is 17.0. The van der Waals surface area contributed by atoms with Gasteiger partial charge in [-0.3, -0.25) is 14.5 Å². The number of nitrogens with zero attached hydrogens (tertiary/aromatic N) is 3. The van der Waals surface area contributed by atoms with Gasteiger partial charge in [0.05, 0.1) is 11.6 Å². The summed E-state index contributed by atoms with van der Waals surface area (Å²) >= 11 is 1.10. The summed E-state index contributed by atoms with van der Waals surface area (Å²) < 4.78 is 5.38. The maximum atomic E-state index is 13.0. The Morgan fingerprint density at radius 3 is 2.52 bits per heavy atom. The lowest BCUT2D eigenvalue weighted by molar-refractivity contribution is -0.117. The third-order valence-corrected chi connectivity index (χ3v) is 4.87. The molecule has 0 spiro atoms. The maximum Gasteiger partial charge on any atom is 0.296 e. The highest BCUT2D eigenvalue weighted by Gasteiger charge is 2.46. The molecule has 1 aliphatic heterocycles. The SMILES string of the molecule is Cc1ccc(C(=O)C2=C(O)C(=O)N(c3nncs3)C2c2ccc(O)cc2)o1. The van der Waals surface area contributed by atoms with Crippen LogP contribution in [0.4, 0.5) is 5.13 Å². The summed E-state index contributed by atoms with van der Waals surface area (Å²) in [7, 11) is 0. The number of amides is 1. The highest BCUT2D eigenvalue weighted by atomic mass is 32.1. The zero-order valence-electron chi connectivity index (χ0n) is 14.0. The number of hydrogen-bond donors (Lipinski definition) is 2. The van der Waals surface area contributed by atoms with Crippen LogP contribution in [0.3, 0.4) is 0 Å². The Bertz CT molecular complexity index is 1050. The molecule has 4 rings (SSSR count). The van der Waals surface area contributed by atoms with Gasteiger partial charge in [-0.25, -0.2) is 0 Å². The largest absolute Gasteiger partial charge is 0.508 e. The molecule has 0 aliphatic carbocycles. The summed E-state index contributed by atoms with van der Waals surface area (Å²) in [5, 5.41) is 27.9. The predicted octanol–water partition coefficient (Wildman–Crippen LogP) is 2.93. The number of carbonyl (C=O) groups is 2. The normalized spacial score (nSPS) is 17.0. The summed E-state index contributed by atoms with van der Waals surface area (Å²) in [6.45, 7) is 1.69.